The summed E-state index contributed by atoms with van der Waals surface area (Å²) in [6.07, 6.45) is 0. The van der Waals surface area contributed by atoms with Crippen LogP contribution in [0.4, 0.5) is 0 Å². The van der Waals surface area contributed by atoms with E-state index in [4.69, 9.17) is 9.97 Å². The molecule has 4 nitrogen and oxygen atoms in total. The third-order valence-corrected chi connectivity index (χ3v) is 12.1. The molecule has 0 fully saturated rings. The summed E-state index contributed by atoms with van der Waals surface area (Å²) in [7, 11) is 0. The van der Waals surface area contributed by atoms with Crippen molar-refractivity contribution in [3.63, 3.8) is 0 Å². The van der Waals surface area contributed by atoms with Gasteiger partial charge < -0.3 is 0 Å². The van der Waals surface area contributed by atoms with Crippen LogP contribution in [0.5, 0.6) is 0 Å². The van der Waals surface area contributed by atoms with Crippen molar-refractivity contribution in [3.05, 3.63) is 231 Å². The van der Waals surface area contributed by atoms with Crippen LogP contribution in [0.2, 0.25) is 0 Å². The van der Waals surface area contributed by atoms with Crippen molar-refractivity contribution in [2.75, 3.05) is 0 Å². The molecule has 0 saturated carbocycles. The number of rotatable bonds is 7. The highest BCUT2D eigenvalue weighted by atomic mass is 15.1. The van der Waals surface area contributed by atoms with Crippen LogP contribution in [0.1, 0.15) is 0 Å². The first-order valence-electron chi connectivity index (χ1n) is 21.1. The van der Waals surface area contributed by atoms with Crippen molar-refractivity contribution in [2.24, 2.45) is 0 Å². The molecule has 4 heteroatoms. The van der Waals surface area contributed by atoms with Crippen molar-refractivity contribution < 1.29 is 0 Å². The molecule has 290 valence electrons. The van der Waals surface area contributed by atoms with Gasteiger partial charge in [-0.25, -0.2) is 9.97 Å². The normalized spacial score (nSPS) is 11.5. The van der Waals surface area contributed by atoms with Crippen molar-refractivity contribution in [1.29, 1.82) is 0 Å². The number of imidazole rings is 2. The Morgan fingerprint density at radius 2 is 0.645 bits per heavy atom. The van der Waals surface area contributed by atoms with Gasteiger partial charge in [0.25, 0.3) is 0 Å². The average molecular weight is 791 g/mol. The highest BCUT2D eigenvalue weighted by Gasteiger charge is 2.25. The highest BCUT2D eigenvalue weighted by Crippen LogP contribution is 2.49. The minimum atomic E-state index is 0.899. The minimum absolute atomic E-state index is 0.899. The van der Waals surface area contributed by atoms with E-state index in [0.717, 1.165) is 88.9 Å². The smallest absolute Gasteiger partial charge is 0.145 e. The van der Waals surface area contributed by atoms with Crippen LogP contribution >= 0.6 is 0 Å². The number of benzene rings is 10. The van der Waals surface area contributed by atoms with Gasteiger partial charge in [0, 0.05) is 21.9 Å². The third-order valence-electron chi connectivity index (χ3n) is 12.1. The first-order valence-corrected chi connectivity index (χ1v) is 21.1. The van der Waals surface area contributed by atoms with Crippen molar-refractivity contribution in [3.8, 4) is 67.5 Å². The van der Waals surface area contributed by atoms with E-state index in [-0.39, 0.29) is 0 Å². The fraction of sp³-hybridized carbons (Fsp3) is 0. The molecule has 0 aliphatic rings. The molecule has 62 heavy (non-hydrogen) atoms. The second-order valence-corrected chi connectivity index (χ2v) is 15.7. The van der Waals surface area contributed by atoms with E-state index >= 15 is 0 Å². The van der Waals surface area contributed by atoms with E-state index in [0.29, 0.717) is 0 Å². The van der Waals surface area contributed by atoms with Crippen LogP contribution in [0.15, 0.2) is 231 Å². The molecule has 0 amide bonds. The lowest BCUT2D eigenvalue weighted by Crippen LogP contribution is -2.02. The summed E-state index contributed by atoms with van der Waals surface area (Å²) >= 11 is 0. The van der Waals surface area contributed by atoms with E-state index in [1.165, 1.54) is 22.3 Å². The standard InChI is InChI=1S/C58H38N4/c1-5-20-39(21-6-1)43-28-17-29-44(40-22-7-2-8-23-40)55(43)56-45-30-18-36-51(61-53-34-15-13-32-49(53)59-57(61)41-24-9-3-10-25-41)47(45)38-48-46(56)31-19-37-52(48)62-54-35-16-14-33-50(54)60-58(62)42-26-11-4-12-27-42/h1-38H. The Labute approximate surface area is 359 Å². The topological polar surface area (TPSA) is 35.6 Å². The molecular formula is C58H38N4. The Morgan fingerprint density at radius 3 is 1.08 bits per heavy atom. The molecule has 0 spiro atoms. The number of hydrogen-bond acceptors (Lipinski definition) is 2. The molecule has 0 unspecified atom stereocenters. The van der Waals surface area contributed by atoms with Crippen LogP contribution in [0.3, 0.4) is 0 Å². The molecule has 0 aliphatic heterocycles. The molecule has 10 aromatic carbocycles. The summed E-state index contributed by atoms with van der Waals surface area (Å²) in [5.74, 6) is 1.80. The summed E-state index contributed by atoms with van der Waals surface area (Å²) in [5, 5.41) is 4.55. The van der Waals surface area contributed by atoms with Gasteiger partial charge in [-0.05, 0) is 86.6 Å². The zero-order valence-electron chi connectivity index (χ0n) is 33.7. The molecule has 0 aliphatic carbocycles. The quantitative estimate of drug-likeness (QED) is 0.151. The van der Waals surface area contributed by atoms with Gasteiger partial charge in [0.05, 0.1) is 33.4 Å². The van der Waals surface area contributed by atoms with E-state index < -0.39 is 0 Å². The Kier molecular flexibility index (Phi) is 8.46. The lowest BCUT2D eigenvalue weighted by Gasteiger charge is -2.23. The Morgan fingerprint density at radius 1 is 0.274 bits per heavy atom. The highest BCUT2D eigenvalue weighted by molar-refractivity contribution is 6.20. The largest absolute Gasteiger partial charge is 0.292 e. The van der Waals surface area contributed by atoms with Gasteiger partial charge in [0.15, 0.2) is 0 Å². The van der Waals surface area contributed by atoms with E-state index in [1.54, 1.807) is 0 Å². The molecule has 12 aromatic rings. The Hall–Kier alpha value is -8.34. The summed E-state index contributed by atoms with van der Waals surface area (Å²) < 4.78 is 4.71. The van der Waals surface area contributed by atoms with Crippen LogP contribution in [-0.2, 0) is 0 Å². The molecule has 0 atom stereocenters. The molecule has 2 aromatic heterocycles. The maximum atomic E-state index is 5.30. The predicted octanol–water partition coefficient (Wildman–Crippen LogP) is 15.0. The molecule has 0 radical (unpaired) electrons. The van der Waals surface area contributed by atoms with Crippen LogP contribution in [0, 0.1) is 0 Å². The van der Waals surface area contributed by atoms with Gasteiger partial charge in [-0.15, -0.1) is 0 Å². The molecule has 2 heterocycles. The van der Waals surface area contributed by atoms with E-state index in [9.17, 15) is 0 Å². The Bertz CT molecular complexity index is 3370. The molecule has 0 bridgehead atoms. The van der Waals surface area contributed by atoms with Gasteiger partial charge in [0.1, 0.15) is 11.6 Å². The van der Waals surface area contributed by atoms with Crippen molar-refractivity contribution >= 4 is 43.6 Å². The maximum Gasteiger partial charge on any atom is 0.145 e. The Balaban J connectivity index is 1.28. The lowest BCUT2D eigenvalue weighted by molar-refractivity contribution is 1.11. The van der Waals surface area contributed by atoms with Gasteiger partial charge in [0.2, 0.25) is 0 Å². The number of nitrogens with zero attached hydrogens (tertiary/aromatic N) is 4. The third kappa shape index (κ3) is 5.76. The van der Waals surface area contributed by atoms with Crippen molar-refractivity contribution in [2.45, 2.75) is 0 Å². The monoisotopic (exact) mass is 790 g/mol. The summed E-state index contributed by atoms with van der Waals surface area (Å²) in [5.41, 5.74) is 15.3. The van der Waals surface area contributed by atoms with Gasteiger partial charge in [-0.1, -0.05) is 188 Å². The first-order chi connectivity index (χ1) is 30.8. The summed E-state index contributed by atoms with van der Waals surface area (Å²) in [6, 6.07) is 82.4. The maximum absolute atomic E-state index is 5.30. The minimum Gasteiger partial charge on any atom is -0.292 e. The SMILES string of the molecule is c1ccc(-c2cccc(-c3ccccc3)c2-c2c3cccc(-n4c(-c5ccccc5)nc5ccccc54)c3cc3c(-n4c(-c5ccccc5)nc5ccccc54)cccc23)cc1. The molecule has 0 N–H and O–H groups in total. The fourth-order valence-electron chi connectivity index (χ4n) is 9.43. The fourth-order valence-corrected chi connectivity index (χ4v) is 9.43. The summed E-state index contributed by atoms with van der Waals surface area (Å²) in [6.45, 7) is 0. The van der Waals surface area contributed by atoms with Gasteiger partial charge in [-0.2, -0.15) is 0 Å². The summed E-state index contributed by atoms with van der Waals surface area (Å²) in [4.78, 5) is 10.6. The zero-order valence-corrected chi connectivity index (χ0v) is 33.7. The number of hydrogen-bond donors (Lipinski definition) is 0. The van der Waals surface area contributed by atoms with E-state index in [1.807, 2.05) is 0 Å². The number of fused-ring (bicyclic) bond motifs is 4. The van der Waals surface area contributed by atoms with Crippen LogP contribution in [-0.4, -0.2) is 19.1 Å². The molecule has 0 saturated heterocycles. The molecular weight excluding hydrogens is 753 g/mol. The zero-order chi connectivity index (χ0) is 41.0. The second-order valence-electron chi connectivity index (χ2n) is 15.7. The average Bonchev–Trinajstić information content (AvgIpc) is 3.93. The van der Waals surface area contributed by atoms with Gasteiger partial charge in [-0.3, -0.25) is 9.13 Å². The van der Waals surface area contributed by atoms with Crippen LogP contribution < -0.4 is 0 Å². The predicted molar refractivity (Wildman–Crippen MR) is 258 cm³/mol. The number of para-hydroxylation sites is 4. The van der Waals surface area contributed by atoms with E-state index in [2.05, 4.69) is 240 Å². The molecule has 12 rings (SSSR count). The van der Waals surface area contributed by atoms with Crippen molar-refractivity contribution in [1.82, 2.24) is 19.1 Å². The first kappa shape index (κ1) is 35.6. The van der Waals surface area contributed by atoms with Gasteiger partial charge >= 0.3 is 0 Å². The van der Waals surface area contributed by atoms with Crippen LogP contribution in [0.25, 0.3) is 111 Å². The number of aromatic nitrogens is 4. The second kappa shape index (κ2) is 14.7. The lowest BCUT2D eigenvalue weighted by atomic mass is 9.83.